The van der Waals surface area contributed by atoms with E-state index in [0.29, 0.717) is 0 Å². The summed E-state index contributed by atoms with van der Waals surface area (Å²) in [6.07, 6.45) is -0.653. The fourth-order valence-electron chi connectivity index (χ4n) is 2.16. The van der Waals surface area contributed by atoms with Gasteiger partial charge >= 0.3 is 5.97 Å². The van der Waals surface area contributed by atoms with Gasteiger partial charge in [0.25, 0.3) is 11.5 Å². The van der Waals surface area contributed by atoms with E-state index in [1.54, 1.807) is 0 Å². The van der Waals surface area contributed by atoms with Gasteiger partial charge in [-0.25, -0.2) is 9.48 Å². The van der Waals surface area contributed by atoms with E-state index in [2.05, 4.69) is 9.84 Å². The fraction of sp³-hybridized carbons (Fsp3) is 0.500. The lowest BCUT2D eigenvalue weighted by Gasteiger charge is -2.21. The Labute approximate surface area is 114 Å². The molecule has 1 N–H and O–H groups in total. The normalized spacial score (nSPS) is 21.9. The molecule has 0 radical (unpaired) electrons. The van der Waals surface area contributed by atoms with Gasteiger partial charge in [-0.05, 0) is 6.07 Å². The van der Waals surface area contributed by atoms with Gasteiger partial charge in [0, 0.05) is 26.1 Å². The maximum atomic E-state index is 12.3. The summed E-state index contributed by atoms with van der Waals surface area (Å²) in [6.45, 7) is 0.0309. The van der Waals surface area contributed by atoms with Crippen LogP contribution in [0.15, 0.2) is 16.9 Å². The molecular formula is C12H15N3O5. The number of hydrogen-bond acceptors (Lipinski definition) is 6. The van der Waals surface area contributed by atoms with Gasteiger partial charge in [0.1, 0.15) is 11.7 Å². The number of aliphatic hydroxyl groups excluding tert-OH is 1. The number of carbonyl (C=O) groups excluding carboxylic acids is 2. The monoisotopic (exact) mass is 281 g/mol. The molecule has 1 aliphatic heterocycles. The van der Waals surface area contributed by atoms with E-state index < -0.39 is 24.0 Å². The molecule has 0 bridgehead atoms. The second-order valence-corrected chi connectivity index (χ2v) is 4.57. The largest absolute Gasteiger partial charge is 0.467 e. The molecular weight excluding hydrogens is 266 g/mol. The van der Waals surface area contributed by atoms with Gasteiger partial charge in [0.15, 0.2) is 0 Å². The molecule has 20 heavy (non-hydrogen) atoms. The predicted octanol–water partition coefficient (Wildman–Crippen LogP) is -1.47. The number of aryl methyl sites for hydroxylation is 1. The number of aliphatic hydroxyl groups is 1. The number of methoxy groups -OCH3 is 1. The van der Waals surface area contributed by atoms with Crippen LogP contribution in [-0.4, -0.2) is 57.5 Å². The van der Waals surface area contributed by atoms with E-state index in [4.69, 9.17) is 0 Å². The van der Waals surface area contributed by atoms with E-state index in [1.807, 2.05) is 0 Å². The Morgan fingerprint density at radius 3 is 2.75 bits per heavy atom. The SMILES string of the molecule is COC(=O)C1CC(O)CN1C(=O)c1ccc(=O)n(C)n1. The zero-order valence-electron chi connectivity index (χ0n) is 11.1. The molecule has 0 aromatic carbocycles. The van der Waals surface area contributed by atoms with Gasteiger partial charge in [0.05, 0.1) is 13.2 Å². The summed E-state index contributed by atoms with van der Waals surface area (Å²) in [5.74, 6) is -1.10. The number of hydrogen-bond donors (Lipinski definition) is 1. The highest BCUT2D eigenvalue weighted by molar-refractivity contribution is 5.95. The Bertz CT molecular complexity index is 597. The van der Waals surface area contributed by atoms with Crippen LogP contribution < -0.4 is 5.56 Å². The van der Waals surface area contributed by atoms with Crippen LogP contribution >= 0.6 is 0 Å². The first-order valence-electron chi connectivity index (χ1n) is 6.05. The van der Waals surface area contributed by atoms with E-state index in [-0.39, 0.29) is 24.2 Å². The number of nitrogens with zero attached hydrogens (tertiary/aromatic N) is 3. The highest BCUT2D eigenvalue weighted by Gasteiger charge is 2.40. The molecule has 108 valence electrons. The summed E-state index contributed by atoms with van der Waals surface area (Å²) < 4.78 is 5.66. The van der Waals surface area contributed by atoms with Crippen molar-refractivity contribution in [2.75, 3.05) is 13.7 Å². The third kappa shape index (κ3) is 2.55. The number of aromatic nitrogens is 2. The highest BCUT2D eigenvalue weighted by Crippen LogP contribution is 2.20. The van der Waals surface area contributed by atoms with E-state index in [0.717, 1.165) is 4.68 Å². The van der Waals surface area contributed by atoms with E-state index in [9.17, 15) is 19.5 Å². The Morgan fingerprint density at radius 1 is 1.45 bits per heavy atom. The first kappa shape index (κ1) is 14.2. The Hall–Kier alpha value is -2.22. The van der Waals surface area contributed by atoms with Crippen LogP contribution in [0.1, 0.15) is 16.9 Å². The molecule has 0 saturated carbocycles. The van der Waals surface area contributed by atoms with Gasteiger partial charge in [-0.3, -0.25) is 9.59 Å². The van der Waals surface area contributed by atoms with Crippen LogP contribution in [0.3, 0.4) is 0 Å². The number of esters is 1. The van der Waals surface area contributed by atoms with Crippen molar-refractivity contribution in [3.05, 3.63) is 28.2 Å². The van der Waals surface area contributed by atoms with Crippen molar-refractivity contribution in [1.82, 2.24) is 14.7 Å². The maximum Gasteiger partial charge on any atom is 0.328 e. The zero-order valence-corrected chi connectivity index (χ0v) is 11.1. The summed E-state index contributed by atoms with van der Waals surface area (Å²) in [5.41, 5.74) is -0.303. The minimum Gasteiger partial charge on any atom is -0.467 e. The molecule has 0 spiro atoms. The molecule has 2 atom stereocenters. The fourth-order valence-corrected chi connectivity index (χ4v) is 2.16. The van der Waals surface area contributed by atoms with Gasteiger partial charge in [-0.1, -0.05) is 0 Å². The van der Waals surface area contributed by atoms with Gasteiger partial charge in [-0.2, -0.15) is 5.10 Å². The van der Waals surface area contributed by atoms with Crippen molar-refractivity contribution >= 4 is 11.9 Å². The summed E-state index contributed by atoms with van der Waals surface area (Å²) in [7, 11) is 2.65. The van der Waals surface area contributed by atoms with Crippen LogP contribution in [-0.2, 0) is 16.6 Å². The molecule has 2 heterocycles. The Kier molecular flexibility index (Phi) is 3.84. The highest BCUT2D eigenvalue weighted by atomic mass is 16.5. The molecule has 1 amide bonds. The number of ether oxygens (including phenoxy) is 1. The minimum absolute atomic E-state index is 0.0309. The molecule has 2 unspecified atom stereocenters. The van der Waals surface area contributed by atoms with Crippen molar-refractivity contribution in [3.63, 3.8) is 0 Å². The van der Waals surface area contributed by atoms with Crippen LogP contribution in [0.5, 0.6) is 0 Å². The molecule has 8 nitrogen and oxygen atoms in total. The van der Waals surface area contributed by atoms with Crippen LogP contribution in [0.25, 0.3) is 0 Å². The lowest BCUT2D eigenvalue weighted by Crippen LogP contribution is -2.42. The summed E-state index contributed by atoms with van der Waals surface area (Å²) in [5, 5.41) is 13.5. The molecule has 1 fully saturated rings. The van der Waals surface area contributed by atoms with Crippen molar-refractivity contribution in [1.29, 1.82) is 0 Å². The maximum absolute atomic E-state index is 12.3. The van der Waals surface area contributed by atoms with Crippen LogP contribution in [0.2, 0.25) is 0 Å². The molecule has 1 aliphatic rings. The minimum atomic E-state index is -0.832. The average Bonchev–Trinajstić information content (AvgIpc) is 2.82. The van der Waals surface area contributed by atoms with Crippen LogP contribution in [0, 0.1) is 0 Å². The molecule has 2 rings (SSSR count). The standard InChI is InChI=1S/C12H15N3O5/c1-14-10(17)4-3-8(13-14)11(18)15-6-7(16)5-9(15)12(19)20-2/h3-4,7,9,16H,5-6H2,1-2H3. The second-order valence-electron chi connectivity index (χ2n) is 4.57. The lowest BCUT2D eigenvalue weighted by atomic mass is 10.2. The van der Waals surface area contributed by atoms with Gasteiger partial charge in [-0.15, -0.1) is 0 Å². The smallest absolute Gasteiger partial charge is 0.328 e. The van der Waals surface area contributed by atoms with Crippen molar-refractivity contribution < 1.29 is 19.4 Å². The number of carbonyl (C=O) groups is 2. The summed E-state index contributed by atoms with van der Waals surface area (Å²) in [6, 6.07) is 1.69. The first-order valence-corrected chi connectivity index (χ1v) is 6.05. The zero-order chi connectivity index (χ0) is 14.9. The van der Waals surface area contributed by atoms with Crippen LogP contribution in [0.4, 0.5) is 0 Å². The third-order valence-corrected chi connectivity index (χ3v) is 3.19. The van der Waals surface area contributed by atoms with Crippen molar-refractivity contribution in [3.8, 4) is 0 Å². The lowest BCUT2D eigenvalue weighted by molar-refractivity contribution is -0.145. The summed E-state index contributed by atoms with van der Waals surface area (Å²) >= 11 is 0. The molecule has 0 aliphatic carbocycles. The predicted molar refractivity (Wildman–Crippen MR) is 66.9 cm³/mol. The average molecular weight is 281 g/mol. The Morgan fingerprint density at radius 2 is 2.15 bits per heavy atom. The molecule has 1 aromatic heterocycles. The summed E-state index contributed by atoms with van der Waals surface area (Å²) in [4.78, 5) is 36.4. The number of β-amino-alcohol motifs (C(OH)–C–C–N with tert-alkyl or cyclic N) is 1. The van der Waals surface area contributed by atoms with E-state index >= 15 is 0 Å². The third-order valence-electron chi connectivity index (χ3n) is 3.19. The van der Waals surface area contributed by atoms with E-state index in [1.165, 1.54) is 31.2 Å². The molecule has 8 heteroatoms. The van der Waals surface area contributed by atoms with Gasteiger partial charge < -0.3 is 14.7 Å². The first-order chi connectivity index (χ1) is 9.43. The number of rotatable bonds is 2. The van der Waals surface area contributed by atoms with Gasteiger partial charge in [0.2, 0.25) is 0 Å². The second kappa shape index (κ2) is 5.41. The Balaban J connectivity index is 2.28. The molecule has 1 saturated heterocycles. The quantitative estimate of drug-likeness (QED) is 0.664. The topological polar surface area (TPSA) is 102 Å². The molecule has 1 aromatic rings. The number of likely N-dealkylation sites (tertiary alicyclic amines) is 1. The number of amides is 1. The van der Waals surface area contributed by atoms with Crippen molar-refractivity contribution in [2.45, 2.75) is 18.6 Å². The van der Waals surface area contributed by atoms with Crippen molar-refractivity contribution in [2.24, 2.45) is 7.05 Å².